The molecule has 4 nitrogen and oxygen atoms in total. The van der Waals surface area contributed by atoms with Gasteiger partial charge in [0.25, 0.3) is 0 Å². The third kappa shape index (κ3) is 4.99. The molecule has 0 aliphatic heterocycles. The van der Waals surface area contributed by atoms with Gasteiger partial charge in [0.15, 0.2) is 0 Å². The van der Waals surface area contributed by atoms with Crippen LogP contribution in [0, 0.1) is 0 Å². The van der Waals surface area contributed by atoms with Crippen molar-refractivity contribution in [2.45, 2.75) is 25.4 Å². The molecule has 1 aromatic carbocycles. The summed E-state index contributed by atoms with van der Waals surface area (Å²) in [7, 11) is 0. The molecule has 0 spiro atoms. The van der Waals surface area contributed by atoms with Gasteiger partial charge in [-0.3, -0.25) is 0 Å². The minimum atomic E-state index is 0.0304. The molecule has 2 N–H and O–H groups in total. The zero-order valence-electron chi connectivity index (χ0n) is 10.9. The SMILES string of the molecule is OCCOCCOc1c(Cl)cccc1CNC1CC1. The van der Waals surface area contributed by atoms with Crippen molar-refractivity contribution in [3.63, 3.8) is 0 Å². The molecule has 1 aliphatic carbocycles. The molecule has 0 unspecified atom stereocenters. The van der Waals surface area contributed by atoms with Gasteiger partial charge in [0.1, 0.15) is 12.4 Å². The number of ether oxygens (including phenoxy) is 2. The van der Waals surface area contributed by atoms with Crippen LogP contribution in [0.25, 0.3) is 0 Å². The fraction of sp³-hybridized carbons (Fsp3) is 0.571. The van der Waals surface area contributed by atoms with Gasteiger partial charge in [-0.1, -0.05) is 23.7 Å². The number of aliphatic hydroxyl groups excluding tert-OH is 1. The third-order valence-electron chi connectivity index (χ3n) is 2.92. The van der Waals surface area contributed by atoms with E-state index in [1.807, 2.05) is 18.2 Å². The molecule has 1 aliphatic rings. The number of nitrogens with one attached hydrogen (secondary N) is 1. The molecule has 0 bridgehead atoms. The standard InChI is InChI=1S/C14H20ClNO3/c15-13-3-1-2-11(10-16-12-4-5-12)14(13)19-9-8-18-7-6-17/h1-3,12,16-17H,4-10H2. The van der Waals surface area contributed by atoms with Crippen molar-refractivity contribution in [3.8, 4) is 5.75 Å². The number of aliphatic hydroxyl groups is 1. The average Bonchev–Trinajstić information content (AvgIpc) is 3.22. The Kier molecular flexibility index (Phi) is 5.92. The number of halogens is 1. The minimum absolute atomic E-state index is 0.0304. The highest BCUT2D eigenvalue weighted by atomic mass is 35.5. The molecule has 0 atom stereocenters. The Morgan fingerprint density at radius 2 is 2.11 bits per heavy atom. The van der Waals surface area contributed by atoms with Gasteiger partial charge in [0, 0.05) is 18.2 Å². The molecular weight excluding hydrogens is 266 g/mol. The van der Waals surface area contributed by atoms with Gasteiger partial charge in [-0.15, -0.1) is 0 Å². The topological polar surface area (TPSA) is 50.7 Å². The van der Waals surface area contributed by atoms with E-state index in [9.17, 15) is 0 Å². The van der Waals surface area contributed by atoms with Gasteiger partial charge in [-0.05, 0) is 18.9 Å². The number of hydrogen-bond acceptors (Lipinski definition) is 4. The molecule has 1 aromatic rings. The summed E-state index contributed by atoms with van der Waals surface area (Å²) in [5.41, 5.74) is 1.07. The van der Waals surface area contributed by atoms with E-state index in [1.54, 1.807) is 0 Å². The quantitative estimate of drug-likeness (QED) is 0.681. The van der Waals surface area contributed by atoms with Crippen LogP contribution in [0.3, 0.4) is 0 Å². The Morgan fingerprint density at radius 3 is 2.84 bits per heavy atom. The van der Waals surface area contributed by atoms with Crippen LogP contribution >= 0.6 is 11.6 Å². The lowest BCUT2D eigenvalue weighted by Crippen LogP contribution is -2.17. The lowest BCUT2D eigenvalue weighted by Gasteiger charge is -2.13. The molecule has 106 valence electrons. The van der Waals surface area contributed by atoms with E-state index in [1.165, 1.54) is 12.8 Å². The maximum Gasteiger partial charge on any atom is 0.142 e. The van der Waals surface area contributed by atoms with Crippen molar-refractivity contribution in [1.29, 1.82) is 0 Å². The van der Waals surface area contributed by atoms with Gasteiger partial charge >= 0.3 is 0 Å². The molecule has 0 amide bonds. The minimum Gasteiger partial charge on any atom is -0.489 e. The summed E-state index contributed by atoms with van der Waals surface area (Å²) in [5.74, 6) is 0.727. The molecule has 1 fully saturated rings. The van der Waals surface area contributed by atoms with Gasteiger partial charge in [0.05, 0.1) is 24.8 Å². The maximum atomic E-state index is 8.60. The van der Waals surface area contributed by atoms with Gasteiger partial charge in [0.2, 0.25) is 0 Å². The van der Waals surface area contributed by atoms with Crippen LogP contribution in [-0.2, 0) is 11.3 Å². The van der Waals surface area contributed by atoms with Crippen LogP contribution in [0.2, 0.25) is 5.02 Å². The summed E-state index contributed by atoms with van der Waals surface area (Å²) in [5, 5.41) is 12.7. The molecular formula is C14H20ClNO3. The second kappa shape index (κ2) is 7.70. The molecule has 2 rings (SSSR count). The summed E-state index contributed by atoms with van der Waals surface area (Å²) in [6.45, 7) is 2.02. The normalized spacial score (nSPS) is 14.6. The third-order valence-corrected chi connectivity index (χ3v) is 3.21. The van der Waals surface area contributed by atoms with Crippen LogP contribution in [0.4, 0.5) is 0 Å². The Bertz CT molecular complexity index is 396. The fourth-order valence-corrected chi connectivity index (χ4v) is 2.01. The molecule has 0 radical (unpaired) electrons. The van der Waals surface area contributed by atoms with E-state index in [0.29, 0.717) is 30.9 Å². The van der Waals surface area contributed by atoms with E-state index in [2.05, 4.69) is 5.32 Å². The van der Waals surface area contributed by atoms with E-state index in [4.69, 9.17) is 26.2 Å². The lowest BCUT2D eigenvalue weighted by molar-refractivity contribution is 0.0703. The summed E-state index contributed by atoms with van der Waals surface area (Å²) in [6.07, 6.45) is 2.51. The number of benzene rings is 1. The average molecular weight is 286 g/mol. The van der Waals surface area contributed by atoms with Crippen molar-refractivity contribution in [2.75, 3.05) is 26.4 Å². The van der Waals surface area contributed by atoms with E-state index >= 15 is 0 Å². The Labute approximate surface area is 118 Å². The smallest absolute Gasteiger partial charge is 0.142 e. The zero-order valence-corrected chi connectivity index (χ0v) is 11.7. The predicted molar refractivity (Wildman–Crippen MR) is 74.7 cm³/mol. The summed E-state index contributed by atoms with van der Waals surface area (Å²) < 4.78 is 10.8. The van der Waals surface area contributed by atoms with Crippen LogP contribution in [0.15, 0.2) is 18.2 Å². The van der Waals surface area contributed by atoms with Crippen molar-refractivity contribution in [2.24, 2.45) is 0 Å². The van der Waals surface area contributed by atoms with Crippen LogP contribution in [0.1, 0.15) is 18.4 Å². The highest BCUT2D eigenvalue weighted by Gasteiger charge is 2.21. The van der Waals surface area contributed by atoms with Crippen LogP contribution in [0.5, 0.6) is 5.75 Å². The van der Waals surface area contributed by atoms with Crippen LogP contribution < -0.4 is 10.1 Å². The van der Waals surface area contributed by atoms with Crippen LogP contribution in [-0.4, -0.2) is 37.6 Å². The van der Waals surface area contributed by atoms with Crippen molar-refractivity contribution >= 4 is 11.6 Å². The molecule has 0 heterocycles. The predicted octanol–water partition coefficient (Wildman–Crippen LogP) is 1.98. The monoisotopic (exact) mass is 285 g/mol. The van der Waals surface area contributed by atoms with Crippen molar-refractivity contribution in [3.05, 3.63) is 28.8 Å². The number of hydrogen-bond donors (Lipinski definition) is 2. The van der Waals surface area contributed by atoms with E-state index in [-0.39, 0.29) is 6.61 Å². The lowest BCUT2D eigenvalue weighted by atomic mass is 10.2. The first kappa shape index (κ1) is 14.6. The van der Waals surface area contributed by atoms with Gasteiger partial charge < -0.3 is 19.9 Å². The van der Waals surface area contributed by atoms with Crippen molar-refractivity contribution < 1.29 is 14.6 Å². The summed E-state index contributed by atoms with van der Waals surface area (Å²) in [6, 6.07) is 6.43. The van der Waals surface area contributed by atoms with Gasteiger partial charge in [-0.25, -0.2) is 0 Å². The highest BCUT2D eigenvalue weighted by Crippen LogP contribution is 2.29. The zero-order chi connectivity index (χ0) is 13.5. The number of para-hydroxylation sites is 1. The summed E-state index contributed by atoms with van der Waals surface area (Å²) >= 11 is 6.17. The first-order valence-electron chi connectivity index (χ1n) is 6.63. The highest BCUT2D eigenvalue weighted by molar-refractivity contribution is 6.32. The molecule has 19 heavy (non-hydrogen) atoms. The molecule has 0 aromatic heterocycles. The van der Waals surface area contributed by atoms with E-state index < -0.39 is 0 Å². The first-order chi connectivity index (χ1) is 9.31. The Morgan fingerprint density at radius 1 is 1.26 bits per heavy atom. The Hall–Kier alpha value is -0.810. The van der Waals surface area contributed by atoms with E-state index in [0.717, 1.165) is 17.9 Å². The van der Waals surface area contributed by atoms with Gasteiger partial charge in [-0.2, -0.15) is 0 Å². The molecule has 1 saturated carbocycles. The Balaban J connectivity index is 1.84. The molecule has 5 heteroatoms. The second-order valence-corrected chi connectivity index (χ2v) is 4.97. The maximum absolute atomic E-state index is 8.60. The molecule has 0 saturated heterocycles. The summed E-state index contributed by atoms with van der Waals surface area (Å²) in [4.78, 5) is 0. The largest absolute Gasteiger partial charge is 0.489 e. The van der Waals surface area contributed by atoms with Crippen molar-refractivity contribution in [1.82, 2.24) is 5.32 Å². The second-order valence-electron chi connectivity index (χ2n) is 4.57. The fourth-order valence-electron chi connectivity index (χ4n) is 1.77. The number of rotatable bonds is 9. The first-order valence-corrected chi connectivity index (χ1v) is 7.01.